The molecule has 5 nitrogen and oxygen atoms in total. The number of amides is 1. The van der Waals surface area contributed by atoms with Crippen molar-refractivity contribution in [2.45, 2.75) is 45.6 Å². The molecule has 1 atom stereocenters. The third kappa shape index (κ3) is 5.83. The summed E-state index contributed by atoms with van der Waals surface area (Å²) in [6.45, 7) is 13.1. The molecule has 0 radical (unpaired) electrons. The largest absolute Gasteiger partial charge is 0.444 e. The van der Waals surface area contributed by atoms with Crippen molar-refractivity contribution < 1.29 is 9.53 Å². The maximum Gasteiger partial charge on any atom is 0.410 e. The summed E-state index contributed by atoms with van der Waals surface area (Å²) < 4.78 is 5.50. The standard InChI is InChI=1S/C16H31N3O2/c1-16(2,3)21-15(20)19-10-4-6-14(13-19)12-18-9-5-7-17-8-11-18/h14,17H,4-13H2,1-3H3. The van der Waals surface area contributed by atoms with Crippen molar-refractivity contribution in [3.05, 3.63) is 0 Å². The first kappa shape index (κ1) is 16.6. The van der Waals surface area contributed by atoms with Gasteiger partial charge in [0.1, 0.15) is 5.60 Å². The zero-order chi connectivity index (χ0) is 15.3. The van der Waals surface area contributed by atoms with Crippen LogP contribution in [0.15, 0.2) is 0 Å². The average Bonchev–Trinajstić information content (AvgIpc) is 2.66. The smallest absolute Gasteiger partial charge is 0.410 e. The number of carbonyl (C=O) groups excluding carboxylic acids is 1. The SMILES string of the molecule is CC(C)(C)OC(=O)N1CCCC(CN2CCCNCC2)C1. The summed E-state index contributed by atoms with van der Waals surface area (Å²) in [5.74, 6) is 0.587. The third-order valence-electron chi connectivity index (χ3n) is 4.12. The van der Waals surface area contributed by atoms with E-state index in [-0.39, 0.29) is 6.09 Å². The van der Waals surface area contributed by atoms with Crippen LogP contribution in [0.3, 0.4) is 0 Å². The Labute approximate surface area is 129 Å². The maximum atomic E-state index is 12.2. The Morgan fingerprint density at radius 3 is 2.76 bits per heavy atom. The summed E-state index contributed by atoms with van der Waals surface area (Å²) in [7, 11) is 0. The first-order valence-corrected chi connectivity index (χ1v) is 8.35. The molecule has 0 aromatic rings. The monoisotopic (exact) mass is 297 g/mol. The van der Waals surface area contributed by atoms with Crippen molar-refractivity contribution in [2.75, 3.05) is 45.8 Å². The molecule has 122 valence electrons. The summed E-state index contributed by atoms with van der Waals surface area (Å²) in [5, 5.41) is 3.44. The van der Waals surface area contributed by atoms with E-state index in [1.807, 2.05) is 25.7 Å². The molecular weight excluding hydrogens is 266 g/mol. The topological polar surface area (TPSA) is 44.8 Å². The van der Waals surface area contributed by atoms with Gasteiger partial charge in [0.15, 0.2) is 0 Å². The number of nitrogens with one attached hydrogen (secondary N) is 1. The number of hydrogen-bond donors (Lipinski definition) is 1. The van der Waals surface area contributed by atoms with Crippen LogP contribution in [0, 0.1) is 5.92 Å². The Morgan fingerprint density at radius 2 is 2.00 bits per heavy atom. The van der Waals surface area contributed by atoms with Gasteiger partial charge >= 0.3 is 6.09 Å². The molecule has 0 spiro atoms. The maximum absolute atomic E-state index is 12.2. The van der Waals surface area contributed by atoms with Gasteiger partial charge in [0.2, 0.25) is 0 Å². The van der Waals surface area contributed by atoms with Crippen molar-refractivity contribution in [3.8, 4) is 0 Å². The molecule has 0 saturated carbocycles. The summed E-state index contributed by atoms with van der Waals surface area (Å²) in [6.07, 6.45) is 3.39. The molecule has 2 heterocycles. The normalized spacial score (nSPS) is 25.5. The van der Waals surface area contributed by atoms with E-state index < -0.39 is 5.60 Å². The molecule has 2 fully saturated rings. The van der Waals surface area contributed by atoms with Gasteiger partial charge in [0.05, 0.1) is 0 Å². The number of nitrogens with zero attached hydrogens (tertiary/aromatic N) is 2. The van der Waals surface area contributed by atoms with Crippen molar-refractivity contribution >= 4 is 6.09 Å². The molecule has 2 aliphatic rings. The first-order chi connectivity index (χ1) is 9.94. The van der Waals surface area contributed by atoms with E-state index in [2.05, 4.69) is 10.2 Å². The second kappa shape index (κ2) is 7.45. The van der Waals surface area contributed by atoms with Crippen molar-refractivity contribution in [3.63, 3.8) is 0 Å². The lowest BCUT2D eigenvalue weighted by Gasteiger charge is -2.36. The number of likely N-dealkylation sites (tertiary alicyclic amines) is 1. The lowest BCUT2D eigenvalue weighted by molar-refractivity contribution is 0.0146. The lowest BCUT2D eigenvalue weighted by atomic mass is 9.97. The highest BCUT2D eigenvalue weighted by molar-refractivity contribution is 5.68. The van der Waals surface area contributed by atoms with Crippen LogP contribution < -0.4 is 5.32 Å². The highest BCUT2D eigenvalue weighted by Gasteiger charge is 2.28. The number of carbonyl (C=O) groups is 1. The zero-order valence-corrected chi connectivity index (χ0v) is 13.9. The molecule has 1 unspecified atom stereocenters. The molecule has 2 rings (SSSR count). The fraction of sp³-hybridized carbons (Fsp3) is 0.938. The van der Waals surface area contributed by atoms with E-state index in [0.29, 0.717) is 5.92 Å². The van der Waals surface area contributed by atoms with Gasteiger partial charge in [-0.25, -0.2) is 4.79 Å². The van der Waals surface area contributed by atoms with Crippen LogP contribution in [0.25, 0.3) is 0 Å². The van der Waals surface area contributed by atoms with Crippen molar-refractivity contribution in [1.82, 2.24) is 15.1 Å². The van der Waals surface area contributed by atoms with E-state index in [1.54, 1.807) is 0 Å². The fourth-order valence-electron chi connectivity index (χ4n) is 3.16. The molecule has 0 aliphatic carbocycles. The van der Waals surface area contributed by atoms with Crippen LogP contribution in [0.1, 0.15) is 40.0 Å². The molecular formula is C16H31N3O2. The molecule has 0 aromatic carbocycles. The minimum Gasteiger partial charge on any atom is -0.444 e. The summed E-state index contributed by atoms with van der Waals surface area (Å²) in [5.41, 5.74) is -0.402. The predicted molar refractivity (Wildman–Crippen MR) is 84.5 cm³/mol. The van der Waals surface area contributed by atoms with Crippen LogP contribution in [-0.4, -0.2) is 67.3 Å². The number of ether oxygens (including phenoxy) is 1. The molecule has 0 bridgehead atoms. The van der Waals surface area contributed by atoms with Crippen LogP contribution in [0.5, 0.6) is 0 Å². The Bertz CT molecular complexity index is 333. The van der Waals surface area contributed by atoms with Crippen LogP contribution in [-0.2, 0) is 4.74 Å². The number of piperidine rings is 1. The predicted octanol–water partition coefficient (Wildman–Crippen LogP) is 1.93. The second-order valence-corrected chi connectivity index (χ2v) is 7.34. The highest BCUT2D eigenvalue weighted by atomic mass is 16.6. The van der Waals surface area contributed by atoms with Gasteiger partial charge in [-0.3, -0.25) is 0 Å². The fourth-order valence-corrected chi connectivity index (χ4v) is 3.16. The van der Waals surface area contributed by atoms with E-state index in [1.165, 1.54) is 19.4 Å². The minimum absolute atomic E-state index is 0.148. The van der Waals surface area contributed by atoms with Gasteiger partial charge in [-0.05, 0) is 59.0 Å². The van der Waals surface area contributed by atoms with Gasteiger partial charge < -0.3 is 19.9 Å². The Balaban J connectivity index is 1.81. The molecule has 1 amide bonds. The number of rotatable bonds is 2. The summed E-state index contributed by atoms with van der Waals surface area (Å²) >= 11 is 0. The van der Waals surface area contributed by atoms with Crippen molar-refractivity contribution in [1.29, 1.82) is 0 Å². The first-order valence-electron chi connectivity index (χ1n) is 8.35. The molecule has 2 aliphatic heterocycles. The highest BCUT2D eigenvalue weighted by Crippen LogP contribution is 2.20. The quantitative estimate of drug-likeness (QED) is 0.846. The Hall–Kier alpha value is -0.810. The second-order valence-electron chi connectivity index (χ2n) is 7.34. The van der Waals surface area contributed by atoms with Crippen LogP contribution in [0.4, 0.5) is 4.79 Å². The zero-order valence-electron chi connectivity index (χ0n) is 13.9. The molecule has 0 aromatic heterocycles. The van der Waals surface area contributed by atoms with E-state index in [9.17, 15) is 4.79 Å². The minimum atomic E-state index is -0.402. The Kier molecular flexibility index (Phi) is 5.88. The van der Waals surface area contributed by atoms with Crippen molar-refractivity contribution in [2.24, 2.45) is 5.92 Å². The van der Waals surface area contributed by atoms with Crippen LogP contribution in [0.2, 0.25) is 0 Å². The molecule has 2 saturated heterocycles. The van der Waals surface area contributed by atoms with E-state index in [0.717, 1.165) is 45.7 Å². The van der Waals surface area contributed by atoms with Gasteiger partial charge in [-0.2, -0.15) is 0 Å². The van der Waals surface area contributed by atoms with Gasteiger partial charge in [-0.1, -0.05) is 0 Å². The van der Waals surface area contributed by atoms with Gasteiger partial charge in [0, 0.05) is 32.7 Å². The van der Waals surface area contributed by atoms with Crippen LogP contribution >= 0.6 is 0 Å². The van der Waals surface area contributed by atoms with E-state index >= 15 is 0 Å². The van der Waals surface area contributed by atoms with Gasteiger partial charge in [-0.15, -0.1) is 0 Å². The van der Waals surface area contributed by atoms with Gasteiger partial charge in [0.25, 0.3) is 0 Å². The molecule has 1 N–H and O–H groups in total. The number of hydrogen-bond acceptors (Lipinski definition) is 4. The average molecular weight is 297 g/mol. The summed E-state index contributed by atoms with van der Waals surface area (Å²) in [4.78, 5) is 16.6. The van der Waals surface area contributed by atoms with E-state index in [4.69, 9.17) is 4.74 Å². The molecule has 21 heavy (non-hydrogen) atoms. The third-order valence-corrected chi connectivity index (χ3v) is 4.12. The summed E-state index contributed by atoms with van der Waals surface area (Å²) in [6, 6.07) is 0. The molecule has 5 heteroatoms. The lowest BCUT2D eigenvalue weighted by Crippen LogP contribution is -2.46. The Morgan fingerprint density at radius 1 is 1.19 bits per heavy atom.